The minimum atomic E-state index is 0.0412. The van der Waals surface area contributed by atoms with Crippen molar-refractivity contribution in [3.63, 3.8) is 0 Å². The van der Waals surface area contributed by atoms with Gasteiger partial charge >= 0.3 is 0 Å². The Balaban J connectivity index is 1.61. The molecule has 4 nitrogen and oxygen atoms in total. The first-order valence-electron chi connectivity index (χ1n) is 7.30. The molecule has 0 aromatic heterocycles. The maximum atomic E-state index is 5.94. The summed E-state index contributed by atoms with van der Waals surface area (Å²) in [5.41, 5.74) is 0.0412. The molecule has 2 saturated heterocycles. The van der Waals surface area contributed by atoms with Crippen molar-refractivity contribution in [1.29, 1.82) is 0 Å². The van der Waals surface area contributed by atoms with Gasteiger partial charge in [0.05, 0.1) is 12.2 Å². The molecule has 2 aliphatic rings. The first kappa shape index (κ1) is 14.3. The highest BCUT2D eigenvalue weighted by molar-refractivity contribution is 4.92. The molecule has 4 heteroatoms. The molecule has 0 bridgehead atoms. The third-order valence-electron chi connectivity index (χ3n) is 4.03. The van der Waals surface area contributed by atoms with Gasteiger partial charge in [-0.2, -0.15) is 0 Å². The molecule has 0 aliphatic carbocycles. The standard InChI is InChI=1S/C14H28N2O2/c1-16(2)8-4-3-7-15-13-5-9-18-14(11-13)6-10-17-12-14/h13,15H,3-12H2,1-2H3. The average Bonchev–Trinajstić information content (AvgIpc) is 2.76. The highest BCUT2D eigenvalue weighted by atomic mass is 16.6. The van der Waals surface area contributed by atoms with Crippen molar-refractivity contribution < 1.29 is 9.47 Å². The van der Waals surface area contributed by atoms with Crippen LogP contribution in [-0.4, -0.2) is 63.5 Å². The van der Waals surface area contributed by atoms with Crippen LogP contribution in [0.2, 0.25) is 0 Å². The zero-order valence-corrected chi connectivity index (χ0v) is 11.9. The molecule has 0 aromatic carbocycles. The Hall–Kier alpha value is -0.160. The highest BCUT2D eigenvalue weighted by Gasteiger charge is 2.40. The second kappa shape index (κ2) is 6.85. The molecule has 2 aliphatic heterocycles. The Morgan fingerprint density at radius 3 is 2.89 bits per heavy atom. The van der Waals surface area contributed by atoms with E-state index >= 15 is 0 Å². The van der Waals surface area contributed by atoms with Crippen molar-refractivity contribution in [1.82, 2.24) is 10.2 Å². The maximum absolute atomic E-state index is 5.94. The second-order valence-corrected chi connectivity index (χ2v) is 5.99. The van der Waals surface area contributed by atoms with E-state index in [0.717, 1.165) is 45.6 Å². The monoisotopic (exact) mass is 256 g/mol. The fourth-order valence-electron chi connectivity index (χ4n) is 2.92. The van der Waals surface area contributed by atoms with E-state index in [9.17, 15) is 0 Å². The van der Waals surface area contributed by atoms with Gasteiger partial charge in [-0.15, -0.1) is 0 Å². The quantitative estimate of drug-likeness (QED) is 0.725. The largest absolute Gasteiger partial charge is 0.378 e. The zero-order valence-electron chi connectivity index (χ0n) is 11.9. The van der Waals surface area contributed by atoms with Crippen molar-refractivity contribution in [2.45, 2.75) is 43.7 Å². The van der Waals surface area contributed by atoms with Gasteiger partial charge in [-0.1, -0.05) is 0 Å². The number of hydrogen-bond donors (Lipinski definition) is 1. The molecule has 0 radical (unpaired) electrons. The van der Waals surface area contributed by atoms with Gasteiger partial charge in [0.2, 0.25) is 0 Å². The lowest BCUT2D eigenvalue weighted by Gasteiger charge is -2.37. The summed E-state index contributed by atoms with van der Waals surface area (Å²) in [6.07, 6.45) is 5.89. The fourth-order valence-corrected chi connectivity index (χ4v) is 2.92. The summed E-state index contributed by atoms with van der Waals surface area (Å²) in [5, 5.41) is 3.69. The van der Waals surface area contributed by atoms with E-state index in [0.29, 0.717) is 6.04 Å². The third kappa shape index (κ3) is 4.19. The van der Waals surface area contributed by atoms with Crippen LogP contribution in [0, 0.1) is 0 Å². The maximum Gasteiger partial charge on any atom is 0.0951 e. The van der Waals surface area contributed by atoms with Crippen LogP contribution in [0.3, 0.4) is 0 Å². The molecule has 2 heterocycles. The lowest BCUT2D eigenvalue weighted by Crippen LogP contribution is -2.47. The van der Waals surface area contributed by atoms with Crippen LogP contribution in [0.4, 0.5) is 0 Å². The molecule has 1 spiro atoms. The fraction of sp³-hybridized carbons (Fsp3) is 1.00. The molecule has 18 heavy (non-hydrogen) atoms. The molecule has 1 N–H and O–H groups in total. The van der Waals surface area contributed by atoms with E-state index in [1.54, 1.807) is 0 Å². The molecule has 106 valence electrons. The molecule has 2 rings (SSSR count). The van der Waals surface area contributed by atoms with E-state index in [4.69, 9.17) is 9.47 Å². The van der Waals surface area contributed by atoms with Crippen LogP contribution in [0.25, 0.3) is 0 Å². The SMILES string of the molecule is CN(C)CCCCNC1CCOC2(CCOC2)C1. The lowest BCUT2D eigenvalue weighted by atomic mass is 9.89. The van der Waals surface area contributed by atoms with Gasteiger partial charge in [0.15, 0.2) is 0 Å². The molecule has 2 fully saturated rings. The van der Waals surface area contributed by atoms with Crippen LogP contribution < -0.4 is 5.32 Å². The zero-order chi connectivity index (χ0) is 12.8. The first-order valence-corrected chi connectivity index (χ1v) is 7.30. The number of nitrogens with one attached hydrogen (secondary N) is 1. The van der Waals surface area contributed by atoms with Gasteiger partial charge in [-0.05, 0) is 52.9 Å². The van der Waals surface area contributed by atoms with Crippen molar-refractivity contribution in [3.05, 3.63) is 0 Å². The first-order chi connectivity index (χ1) is 8.70. The molecule has 0 saturated carbocycles. The summed E-state index contributed by atoms with van der Waals surface area (Å²) in [6, 6.07) is 0.625. The van der Waals surface area contributed by atoms with Crippen LogP contribution >= 0.6 is 0 Å². The summed E-state index contributed by atoms with van der Waals surface area (Å²) in [4.78, 5) is 2.25. The molecular formula is C14H28N2O2. The van der Waals surface area contributed by atoms with Crippen LogP contribution in [-0.2, 0) is 9.47 Å². The van der Waals surface area contributed by atoms with E-state index in [2.05, 4.69) is 24.3 Å². The Kier molecular flexibility index (Phi) is 5.42. The summed E-state index contributed by atoms with van der Waals surface area (Å²) >= 11 is 0. The Bertz CT molecular complexity index is 240. The number of nitrogens with zero attached hydrogens (tertiary/aromatic N) is 1. The topological polar surface area (TPSA) is 33.7 Å². The van der Waals surface area contributed by atoms with E-state index in [1.165, 1.54) is 19.4 Å². The summed E-state index contributed by atoms with van der Waals surface area (Å²) in [5.74, 6) is 0. The Labute approximate surface area is 111 Å². The van der Waals surface area contributed by atoms with Gasteiger partial charge in [-0.25, -0.2) is 0 Å². The van der Waals surface area contributed by atoms with Crippen molar-refractivity contribution >= 4 is 0 Å². The van der Waals surface area contributed by atoms with E-state index in [-0.39, 0.29) is 5.60 Å². The third-order valence-corrected chi connectivity index (χ3v) is 4.03. The summed E-state index contributed by atoms with van der Waals surface area (Å²) in [7, 11) is 4.27. The lowest BCUT2D eigenvalue weighted by molar-refractivity contribution is -0.0892. The number of hydrogen-bond acceptors (Lipinski definition) is 4. The summed E-state index contributed by atoms with van der Waals surface area (Å²) < 4.78 is 11.4. The second-order valence-electron chi connectivity index (χ2n) is 5.99. The molecule has 2 atom stereocenters. The van der Waals surface area contributed by atoms with Crippen molar-refractivity contribution in [3.8, 4) is 0 Å². The molecule has 0 amide bonds. The smallest absolute Gasteiger partial charge is 0.0951 e. The van der Waals surface area contributed by atoms with Gasteiger partial charge in [0.1, 0.15) is 0 Å². The van der Waals surface area contributed by atoms with Crippen LogP contribution in [0.5, 0.6) is 0 Å². The predicted octanol–water partition coefficient (Wildman–Crippen LogP) is 1.26. The normalized spacial score (nSPS) is 32.5. The number of rotatable bonds is 6. The van der Waals surface area contributed by atoms with Crippen molar-refractivity contribution in [2.24, 2.45) is 0 Å². The predicted molar refractivity (Wildman–Crippen MR) is 72.9 cm³/mol. The van der Waals surface area contributed by atoms with Crippen molar-refractivity contribution in [2.75, 3.05) is 47.0 Å². The van der Waals surface area contributed by atoms with Gasteiger partial charge in [0.25, 0.3) is 0 Å². The highest BCUT2D eigenvalue weighted by Crippen LogP contribution is 2.32. The minimum Gasteiger partial charge on any atom is -0.378 e. The molecular weight excluding hydrogens is 228 g/mol. The van der Waals surface area contributed by atoms with Crippen LogP contribution in [0.1, 0.15) is 32.1 Å². The molecule has 2 unspecified atom stereocenters. The number of unbranched alkanes of at least 4 members (excludes halogenated alkanes) is 1. The Morgan fingerprint density at radius 1 is 1.28 bits per heavy atom. The van der Waals surface area contributed by atoms with Crippen LogP contribution in [0.15, 0.2) is 0 Å². The average molecular weight is 256 g/mol. The summed E-state index contributed by atoms with van der Waals surface area (Å²) in [6.45, 7) is 4.88. The Morgan fingerprint density at radius 2 is 2.17 bits per heavy atom. The minimum absolute atomic E-state index is 0.0412. The number of ether oxygens (including phenoxy) is 2. The van der Waals surface area contributed by atoms with Gasteiger partial charge in [-0.3, -0.25) is 0 Å². The van der Waals surface area contributed by atoms with Gasteiger partial charge in [0, 0.05) is 25.7 Å². The van der Waals surface area contributed by atoms with E-state index in [1.807, 2.05) is 0 Å². The van der Waals surface area contributed by atoms with Gasteiger partial charge < -0.3 is 19.7 Å². The molecule has 0 aromatic rings. The van der Waals surface area contributed by atoms with E-state index < -0.39 is 0 Å².